The van der Waals surface area contributed by atoms with Crippen LogP contribution in [-0.4, -0.2) is 16.8 Å². The van der Waals surface area contributed by atoms with E-state index in [2.05, 4.69) is 22.8 Å². The first-order valence-corrected chi connectivity index (χ1v) is 7.03. The molecule has 2 aromatic carbocycles. The number of para-hydroxylation sites is 2. The number of rotatable bonds is 5. The van der Waals surface area contributed by atoms with Gasteiger partial charge in [-0.25, -0.2) is 0 Å². The van der Waals surface area contributed by atoms with Crippen LogP contribution in [0.4, 0.5) is 5.69 Å². The Balaban J connectivity index is 1.69. The van der Waals surface area contributed by atoms with E-state index in [1.807, 2.05) is 24.3 Å². The van der Waals surface area contributed by atoms with Crippen molar-refractivity contribution in [1.82, 2.24) is 5.32 Å². The molecule has 2 aromatic rings. The van der Waals surface area contributed by atoms with Gasteiger partial charge in [0.15, 0.2) is 5.11 Å². The topological polar surface area (TPSA) is 44.3 Å². The standard InChI is InChI=1S/C16H18N2OS/c19-15-11-5-4-10-14(15)18-16(20)17-12-6-9-13-7-2-1-3-8-13/h1-5,7-8,10-11,19H,6,9,12H2,(H2,17,18,20). The van der Waals surface area contributed by atoms with Crippen molar-refractivity contribution in [2.75, 3.05) is 11.9 Å². The summed E-state index contributed by atoms with van der Waals surface area (Å²) in [5.41, 5.74) is 1.95. The molecule has 3 nitrogen and oxygen atoms in total. The molecule has 0 radical (unpaired) electrons. The van der Waals surface area contributed by atoms with Crippen LogP contribution in [-0.2, 0) is 6.42 Å². The van der Waals surface area contributed by atoms with Gasteiger partial charge in [-0.15, -0.1) is 0 Å². The van der Waals surface area contributed by atoms with Crippen molar-refractivity contribution in [2.45, 2.75) is 12.8 Å². The van der Waals surface area contributed by atoms with Crippen LogP contribution in [0.25, 0.3) is 0 Å². The van der Waals surface area contributed by atoms with E-state index < -0.39 is 0 Å². The molecular formula is C16H18N2OS. The molecule has 0 aliphatic rings. The zero-order valence-corrected chi connectivity index (χ0v) is 12.0. The number of aromatic hydroxyl groups is 1. The van der Waals surface area contributed by atoms with E-state index in [-0.39, 0.29) is 5.75 Å². The van der Waals surface area contributed by atoms with E-state index >= 15 is 0 Å². The molecule has 0 unspecified atom stereocenters. The van der Waals surface area contributed by atoms with Crippen LogP contribution in [0.2, 0.25) is 0 Å². The summed E-state index contributed by atoms with van der Waals surface area (Å²) in [7, 11) is 0. The van der Waals surface area contributed by atoms with Crippen molar-refractivity contribution in [3.63, 3.8) is 0 Å². The van der Waals surface area contributed by atoms with E-state index in [0.29, 0.717) is 10.8 Å². The first-order valence-electron chi connectivity index (χ1n) is 6.62. The maximum Gasteiger partial charge on any atom is 0.170 e. The molecule has 0 aromatic heterocycles. The van der Waals surface area contributed by atoms with Gasteiger partial charge >= 0.3 is 0 Å². The molecule has 0 saturated heterocycles. The number of nitrogens with one attached hydrogen (secondary N) is 2. The molecule has 2 rings (SSSR count). The summed E-state index contributed by atoms with van der Waals surface area (Å²) in [4.78, 5) is 0. The fourth-order valence-corrected chi connectivity index (χ4v) is 2.10. The Morgan fingerprint density at radius 3 is 2.45 bits per heavy atom. The Labute approximate surface area is 124 Å². The first-order chi connectivity index (χ1) is 9.75. The van der Waals surface area contributed by atoms with Gasteiger partial charge in [-0.2, -0.15) is 0 Å². The number of thiocarbonyl (C=S) groups is 1. The lowest BCUT2D eigenvalue weighted by Gasteiger charge is -2.11. The normalized spacial score (nSPS) is 10.0. The lowest BCUT2D eigenvalue weighted by molar-refractivity contribution is 0.478. The van der Waals surface area contributed by atoms with Crippen LogP contribution in [0.5, 0.6) is 5.75 Å². The fourth-order valence-electron chi connectivity index (χ4n) is 1.88. The number of anilines is 1. The van der Waals surface area contributed by atoms with Crippen LogP contribution in [0.3, 0.4) is 0 Å². The second-order valence-electron chi connectivity index (χ2n) is 4.49. The van der Waals surface area contributed by atoms with Crippen LogP contribution >= 0.6 is 12.2 Å². The minimum Gasteiger partial charge on any atom is -0.506 e. The second-order valence-corrected chi connectivity index (χ2v) is 4.90. The summed E-state index contributed by atoms with van der Waals surface area (Å²) in [6, 6.07) is 17.4. The molecule has 3 N–H and O–H groups in total. The summed E-state index contributed by atoms with van der Waals surface area (Å²) >= 11 is 5.19. The number of phenolic OH excluding ortho intramolecular Hbond substituents is 1. The highest BCUT2D eigenvalue weighted by Gasteiger charge is 2.01. The molecule has 0 aliphatic carbocycles. The minimum absolute atomic E-state index is 0.195. The molecule has 0 saturated carbocycles. The fraction of sp³-hybridized carbons (Fsp3) is 0.188. The summed E-state index contributed by atoms with van der Waals surface area (Å²) in [6.07, 6.45) is 2.03. The van der Waals surface area contributed by atoms with Gasteiger partial charge in [-0.1, -0.05) is 42.5 Å². The highest BCUT2D eigenvalue weighted by Crippen LogP contribution is 2.21. The largest absolute Gasteiger partial charge is 0.506 e. The number of aryl methyl sites for hydroxylation is 1. The highest BCUT2D eigenvalue weighted by atomic mass is 32.1. The van der Waals surface area contributed by atoms with Crippen LogP contribution in [0, 0.1) is 0 Å². The summed E-state index contributed by atoms with van der Waals surface area (Å²) in [5.74, 6) is 0.195. The van der Waals surface area contributed by atoms with E-state index in [1.54, 1.807) is 18.2 Å². The van der Waals surface area contributed by atoms with Gasteiger partial charge in [0, 0.05) is 6.54 Å². The summed E-state index contributed by atoms with van der Waals surface area (Å²) < 4.78 is 0. The lowest BCUT2D eigenvalue weighted by atomic mass is 10.1. The quantitative estimate of drug-likeness (QED) is 0.448. The zero-order valence-electron chi connectivity index (χ0n) is 11.2. The SMILES string of the molecule is Oc1ccccc1NC(=S)NCCCc1ccccc1. The molecule has 0 bridgehead atoms. The minimum atomic E-state index is 0.195. The van der Waals surface area contributed by atoms with Crippen LogP contribution in [0.1, 0.15) is 12.0 Å². The van der Waals surface area contributed by atoms with Gasteiger partial charge in [0.05, 0.1) is 5.69 Å². The Bertz CT molecular complexity index is 557. The number of benzene rings is 2. The Morgan fingerprint density at radius 2 is 1.70 bits per heavy atom. The Kier molecular flexibility index (Phi) is 5.38. The Morgan fingerprint density at radius 1 is 1.00 bits per heavy atom. The molecule has 4 heteroatoms. The Hall–Kier alpha value is -2.07. The maximum atomic E-state index is 9.63. The van der Waals surface area contributed by atoms with Crippen LogP contribution in [0.15, 0.2) is 54.6 Å². The molecule has 0 spiro atoms. The van der Waals surface area contributed by atoms with Crippen molar-refractivity contribution in [3.8, 4) is 5.75 Å². The third-order valence-corrected chi connectivity index (χ3v) is 3.17. The highest BCUT2D eigenvalue weighted by molar-refractivity contribution is 7.80. The van der Waals surface area contributed by atoms with E-state index in [4.69, 9.17) is 12.2 Å². The average molecular weight is 286 g/mol. The van der Waals surface area contributed by atoms with Gasteiger partial charge in [0.25, 0.3) is 0 Å². The molecule has 104 valence electrons. The maximum absolute atomic E-state index is 9.63. The third-order valence-electron chi connectivity index (χ3n) is 2.92. The number of hydrogen-bond donors (Lipinski definition) is 3. The van der Waals surface area contributed by atoms with Gasteiger partial charge in [0.2, 0.25) is 0 Å². The monoisotopic (exact) mass is 286 g/mol. The van der Waals surface area contributed by atoms with Gasteiger partial charge in [-0.05, 0) is 42.8 Å². The molecule has 0 aliphatic heterocycles. The smallest absolute Gasteiger partial charge is 0.170 e. The predicted octanol–water partition coefficient (Wildman–Crippen LogP) is 3.31. The summed E-state index contributed by atoms with van der Waals surface area (Å²) in [5, 5.41) is 16.3. The van der Waals surface area contributed by atoms with E-state index in [1.165, 1.54) is 5.56 Å². The van der Waals surface area contributed by atoms with Gasteiger partial charge < -0.3 is 15.7 Å². The van der Waals surface area contributed by atoms with Crippen molar-refractivity contribution >= 4 is 23.0 Å². The van der Waals surface area contributed by atoms with Gasteiger partial charge in [0.1, 0.15) is 5.75 Å². The van der Waals surface area contributed by atoms with Crippen molar-refractivity contribution in [1.29, 1.82) is 0 Å². The predicted molar refractivity (Wildman–Crippen MR) is 87.1 cm³/mol. The van der Waals surface area contributed by atoms with E-state index in [9.17, 15) is 5.11 Å². The average Bonchev–Trinajstić information content (AvgIpc) is 2.47. The van der Waals surface area contributed by atoms with Gasteiger partial charge in [-0.3, -0.25) is 0 Å². The molecular weight excluding hydrogens is 268 g/mol. The van der Waals surface area contributed by atoms with Crippen molar-refractivity contribution < 1.29 is 5.11 Å². The number of phenols is 1. The van der Waals surface area contributed by atoms with Crippen molar-refractivity contribution in [3.05, 3.63) is 60.2 Å². The molecule has 0 amide bonds. The molecule has 0 heterocycles. The number of hydrogen-bond acceptors (Lipinski definition) is 2. The van der Waals surface area contributed by atoms with Crippen molar-refractivity contribution in [2.24, 2.45) is 0 Å². The molecule has 0 atom stereocenters. The third kappa shape index (κ3) is 4.55. The van der Waals surface area contributed by atoms with E-state index in [0.717, 1.165) is 19.4 Å². The summed E-state index contributed by atoms with van der Waals surface area (Å²) in [6.45, 7) is 0.800. The first kappa shape index (κ1) is 14.3. The zero-order chi connectivity index (χ0) is 14.2. The molecule has 0 fully saturated rings. The second kappa shape index (κ2) is 7.50. The lowest BCUT2D eigenvalue weighted by Crippen LogP contribution is -2.29. The van der Waals surface area contributed by atoms with Crippen LogP contribution < -0.4 is 10.6 Å². The molecule has 20 heavy (non-hydrogen) atoms.